The third-order valence-electron chi connectivity index (χ3n) is 3.05. The number of hydrogen-bond acceptors (Lipinski definition) is 4. The van der Waals surface area contributed by atoms with E-state index >= 15 is 0 Å². The molecule has 0 saturated carbocycles. The first-order valence-electron chi connectivity index (χ1n) is 7.07. The molecule has 0 unspecified atom stereocenters. The van der Waals surface area contributed by atoms with Gasteiger partial charge in [0.1, 0.15) is 11.6 Å². The Morgan fingerprint density at radius 2 is 1.95 bits per heavy atom. The highest BCUT2D eigenvalue weighted by atomic mass is 32.1. The summed E-state index contributed by atoms with van der Waals surface area (Å²) in [6.45, 7) is 8.47. The number of benzene rings is 1. The summed E-state index contributed by atoms with van der Waals surface area (Å²) in [5.74, 6) is 1.84. The minimum absolute atomic E-state index is 0.196. The van der Waals surface area contributed by atoms with Gasteiger partial charge in [0.15, 0.2) is 5.16 Å². The van der Waals surface area contributed by atoms with E-state index in [1.165, 1.54) is 5.56 Å². The average Bonchev–Trinajstić information content (AvgIpc) is 2.79. The number of aryl methyl sites for hydroxylation is 2. The fraction of sp³-hybridized carbons (Fsp3) is 0.375. The van der Waals surface area contributed by atoms with Crippen LogP contribution >= 0.6 is 12.6 Å². The minimum atomic E-state index is 0.196. The third-order valence-corrected chi connectivity index (χ3v) is 3.38. The van der Waals surface area contributed by atoms with Crippen LogP contribution in [0.3, 0.4) is 0 Å². The first-order chi connectivity index (χ1) is 10.1. The zero-order valence-corrected chi connectivity index (χ0v) is 13.4. The molecule has 5 heteroatoms. The molecule has 112 valence electrons. The molecular formula is C16H21N3OS. The summed E-state index contributed by atoms with van der Waals surface area (Å²) in [7, 11) is 0. The molecule has 21 heavy (non-hydrogen) atoms. The number of thiol groups is 1. The second kappa shape index (κ2) is 7.31. The summed E-state index contributed by atoms with van der Waals surface area (Å²) < 4.78 is 7.60. The lowest BCUT2D eigenvalue weighted by atomic mass is 10.1. The summed E-state index contributed by atoms with van der Waals surface area (Å²) in [5, 5.41) is 8.80. The highest BCUT2D eigenvalue weighted by molar-refractivity contribution is 7.80. The quantitative estimate of drug-likeness (QED) is 0.630. The predicted molar refractivity (Wildman–Crippen MR) is 87.1 cm³/mol. The van der Waals surface area contributed by atoms with Gasteiger partial charge in [-0.2, -0.15) is 0 Å². The molecule has 0 N–H and O–H groups in total. The molecule has 1 aromatic heterocycles. The molecule has 2 rings (SSSR count). The molecule has 0 radical (unpaired) electrons. The largest absolute Gasteiger partial charge is 0.491 e. The lowest BCUT2D eigenvalue weighted by Gasteiger charge is -2.10. The van der Waals surface area contributed by atoms with Crippen LogP contribution < -0.4 is 4.74 Å². The number of nitrogens with zero attached hydrogens (tertiary/aromatic N) is 3. The van der Waals surface area contributed by atoms with Crippen molar-refractivity contribution in [2.45, 2.75) is 44.5 Å². The van der Waals surface area contributed by atoms with Crippen LogP contribution in [0.1, 0.15) is 25.2 Å². The van der Waals surface area contributed by atoms with Crippen LogP contribution in [0.2, 0.25) is 0 Å². The standard InChI is InChI=1S/C16H21N3OS/c1-4-11-19-15(17-18-16(19)21)10-7-13-5-8-14(9-6-13)20-12(2)3/h4-6,8-9,12H,1,7,10-11H2,2-3H3,(H,18,21). The molecule has 2 aromatic rings. The van der Waals surface area contributed by atoms with Gasteiger partial charge in [-0.05, 0) is 38.0 Å². The Balaban J connectivity index is 1.98. The Morgan fingerprint density at radius 3 is 2.57 bits per heavy atom. The smallest absolute Gasteiger partial charge is 0.188 e. The van der Waals surface area contributed by atoms with E-state index in [0.29, 0.717) is 11.7 Å². The van der Waals surface area contributed by atoms with Crippen LogP contribution in [-0.4, -0.2) is 20.9 Å². The topological polar surface area (TPSA) is 39.9 Å². The van der Waals surface area contributed by atoms with Gasteiger partial charge in [0.05, 0.1) is 6.10 Å². The van der Waals surface area contributed by atoms with Crippen LogP contribution in [0, 0.1) is 0 Å². The summed E-state index contributed by atoms with van der Waals surface area (Å²) in [4.78, 5) is 0. The summed E-state index contributed by atoms with van der Waals surface area (Å²) >= 11 is 4.30. The van der Waals surface area contributed by atoms with Gasteiger partial charge in [0, 0.05) is 13.0 Å². The minimum Gasteiger partial charge on any atom is -0.491 e. The van der Waals surface area contributed by atoms with Crippen molar-refractivity contribution in [3.05, 3.63) is 48.3 Å². The van der Waals surface area contributed by atoms with Crippen molar-refractivity contribution in [3.8, 4) is 5.75 Å². The fourth-order valence-electron chi connectivity index (χ4n) is 2.09. The molecule has 0 aliphatic rings. The van der Waals surface area contributed by atoms with Crippen molar-refractivity contribution in [1.29, 1.82) is 0 Å². The Labute approximate surface area is 131 Å². The number of aromatic nitrogens is 3. The van der Waals surface area contributed by atoms with Crippen molar-refractivity contribution >= 4 is 12.6 Å². The maximum Gasteiger partial charge on any atom is 0.188 e. The molecule has 1 heterocycles. The summed E-state index contributed by atoms with van der Waals surface area (Å²) in [5.41, 5.74) is 1.25. The zero-order chi connectivity index (χ0) is 15.2. The van der Waals surface area contributed by atoms with Crippen LogP contribution in [0.4, 0.5) is 0 Å². The normalized spacial score (nSPS) is 10.9. The highest BCUT2D eigenvalue weighted by Gasteiger charge is 2.08. The lowest BCUT2D eigenvalue weighted by Crippen LogP contribution is -2.06. The van der Waals surface area contributed by atoms with E-state index in [2.05, 4.69) is 41.5 Å². The fourth-order valence-corrected chi connectivity index (χ4v) is 2.33. The SMILES string of the molecule is C=CCn1c(S)nnc1CCc1ccc(OC(C)C)cc1. The molecule has 0 saturated heterocycles. The van der Waals surface area contributed by atoms with Crippen LogP contribution in [0.5, 0.6) is 5.75 Å². The van der Waals surface area contributed by atoms with E-state index in [0.717, 1.165) is 24.4 Å². The summed E-state index contributed by atoms with van der Waals surface area (Å²) in [6.07, 6.45) is 3.75. The Morgan fingerprint density at radius 1 is 1.24 bits per heavy atom. The van der Waals surface area contributed by atoms with Crippen molar-refractivity contribution in [2.75, 3.05) is 0 Å². The van der Waals surface area contributed by atoms with Crippen molar-refractivity contribution in [3.63, 3.8) is 0 Å². The van der Waals surface area contributed by atoms with Gasteiger partial charge in [-0.1, -0.05) is 18.2 Å². The van der Waals surface area contributed by atoms with E-state index in [4.69, 9.17) is 4.74 Å². The number of ether oxygens (including phenoxy) is 1. The van der Waals surface area contributed by atoms with Crippen molar-refractivity contribution < 1.29 is 4.74 Å². The van der Waals surface area contributed by atoms with Crippen LogP contribution in [0.15, 0.2) is 42.1 Å². The van der Waals surface area contributed by atoms with Gasteiger partial charge in [0.25, 0.3) is 0 Å². The molecule has 0 spiro atoms. The molecule has 0 atom stereocenters. The zero-order valence-electron chi connectivity index (χ0n) is 12.5. The first kappa shape index (κ1) is 15.6. The molecule has 0 aliphatic heterocycles. The van der Waals surface area contributed by atoms with Gasteiger partial charge in [-0.15, -0.1) is 29.4 Å². The summed E-state index contributed by atoms with van der Waals surface area (Å²) in [6, 6.07) is 8.20. The average molecular weight is 303 g/mol. The molecule has 0 amide bonds. The first-order valence-corrected chi connectivity index (χ1v) is 7.52. The molecule has 0 aliphatic carbocycles. The monoisotopic (exact) mass is 303 g/mol. The van der Waals surface area contributed by atoms with E-state index in [-0.39, 0.29) is 6.10 Å². The Kier molecular flexibility index (Phi) is 5.44. The number of hydrogen-bond donors (Lipinski definition) is 1. The van der Waals surface area contributed by atoms with E-state index < -0.39 is 0 Å². The van der Waals surface area contributed by atoms with Crippen LogP contribution in [0.25, 0.3) is 0 Å². The van der Waals surface area contributed by atoms with Crippen molar-refractivity contribution in [2.24, 2.45) is 0 Å². The van der Waals surface area contributed by atoms with Gasteiger partial charge < -0.3 is 9.30 Å². The highest BCUT2D eigenvalue weighted by Crippen LogP contribution is 2.16. The van der Waals surface area contributed by atoms with Crippen LogP contribution in [-0.2, 0) is 19.4 Å². The molecule has 1 aromatic carbocycles. The second-order valence-electron chi connectivity index (χ2n) is 5.13. The maximum atomic E-state index is 5.64. The molecule has 0 bridgehead atoms. The van der Waals surface area contributed by atoms with Gasteiger partial charge in [-0.25, -0.2) is 0 Å². The second-order valence-corrected chi connectivity index (χ2v) is 5.53. The van der Waals surface area contributed by atoms with Gasteiger partial charge in [0.2, 0.25) is 0 Å². The predicted octanol–water partition coefficient (Wildman–Crippen LogP) is 3.33. The Bertz CT molecular complexity index is 590. The number of allylic oxidation sites excluding steroid dienone is 1. The van der Waals surface area contributed by atoms with E-state index in [1.807, 2.05) is 36.6 Å². The molecule has 4 nitrogen and oxygen atoms in total. The maximum absolute atomic E-state index is 5.64. The third kappa shape index (κ3) is 4.36. The molecular weight excluding hydrogens is 282 g/mol. The Hall–Kier alpha value is -1.75. The van der Waals surface area contributed by atoms with E-state index in [9.17, 15) is 0 Å². The van der Waals surface area contributed by atoms with Gasteiger partial charge in [-0.3, -0.25) is 0 Å². The molecule has 0 fully saturated rings. The van der Waals surface area contributed by atoms with Gasteiger partial charge >= 0.3 is 0 Å². The number of rotatable bonds is 7. The van der Waals surface area contributed by atoms with Crippen molar-refractivity contribution in [1.82, 2.24) is 14.8 Å². The van der Waals surface area contributed by atoms with E-state index in [1.54, 1.807) is 0 Å². The lowest BCUT2D eigenvalue weighted by molar-refractivity contribution is 0.242.